The van der Waals surface area contributed by atoms with E-state index in [2.05, 4.69) is 78.1 Å². The van der Waals surface area contributed by atoms with Crippen LogP contribution in [-0.4, -0.2) is 18.7 Å². The summed E-state index contributed by atoms with van der Waals surface area (Å²) in [6, 6.07) is 8.25. The van der Waals surface area contributed by atoms with E-state index in [0.29, 0.717) is 6.42 Å². The highest BCUT2D eigenvalue weighted by molar-refractivity contribution is 14.1. The molecule has 1 unspecified atom stereocenters. The van der Waals surface area contributed by atoms with E-state index in [4.69, 9.17) is 14.2 Å². The van der Waals surface area contributed by atoms with Crippen molar-refractivity contribution in [3.63, 3.8) is 0 Å². The van der Waals surface area contributed by atoms with Crippen LogP contribution in [0.15, 0.2) is 24.3 Å². The molecule has 0 aliphatic heterocycles. The Kier molecular flexibility index (Phi) is 9.52. The SMILES string of the molecule is COC(=O)C(Cc1cc(C)c(Oc2cc(C)c(OC(C)(C)C)c(I)c2)c(I)c1)CC(C)(C)C. The molecule has 0 spiro atoms. The summed E-state index contributed by atoms with van der Waals surface area (Å²) in [6.45, 7) is 16.7. The van der Waals surface area contributed by atoms with E-state index in [1.54, 1.807) is 0 Å². The Hall–Kier alpha value is -1.03. The second-order valence-electron chi connectivity index (χ2n) is 10.8. The maximum absolute atomic E-state index is 12.4. The molecule has 0 aliphatic rings. The second-order valence-corrected chi connectivity index (χ2v) is 13.1. The number of halogens is 2. The Morgan fingerprint density at radius 1 is 0.909 bits per heavy atom. The van der Waals surface area contributed by atoms with Crippen LogP contribution in [0.1, 0.15) is 64.7 Å². The van der Waals surface area contributed by atoms with E-state index < -0.39 is 0 Å². The topological polar surface area (TPSA) is 44.8 Å². The van der Waals surface area contributed by atoms with Crippen molar-refractivity contribution in [1.82, 2.24) is 0 Å². The first-order chi connectivity index (χ1) is 15.1. The third kappa shape index (κ3) is 8.60. The highest BCUT2D eigenvalue weighted by atomic mass is 127. The van der Waals surface area contributed by atoms with Crippen LogP contribution in [0.3, 0.4) is 0 Å². The molecule has 0 heterocycles. The summed E-state index contributed by atoms with van der Waals surface area (Å²) in [5.74, 6) is 2.19. The minimum Gasteiger partial charge on any atom is -0.487 e. The lowest BCUT2D eigenvalue weighted by Gasteiger charge is -2.25. The number of esters is 1. The van der Waals surface area contributed by atoms with E-state index >= 15 is 0 Å². The van der Waals surface area contributed by atoms with E-state index in [0.717, 1.165) is 47.5 Å². The second kappa shape index (κ2) is 11.1. The van der Waals surface area contributed by atoms with Crippen molar-refractivity contribution in [1.29, 1.82) is 0 Å². The van der Waals surface area contributed by atoms with Gasteiger partial charge in [0.15, 0.2) is 0 Å². The van der Waals surface area contributed by atoms with Gasteiger partial charge in [-0.05, 0) is 133 Å². The quantitative estimate of drug-likeness (QED) is 0.219. The number of methoxy groups -OCH3 is 1. The highest BCUT2D eigenvalue weighted by Crippen LogP contribution is 2.37. The molecule has 4 nitrogen and oxygen atoms in total. The van der Waals surface area contributed by atoms with Gasteiger partial charge in [-0.1, -0.05) is 26.8 Å². The monoisotopic (exact) mass is 678 g/mol. The lowest BCUT2D eigenvalue weighted by Crippen LogP contribution is -2.24. The van der Waals surface area contributed by atoms with Crippen LogP contribution in [0.25, 0.3) is 0 Å². The van der Waals surface area contributed by atoms with Crippen molar-refractivity contribution < 1.29 is 19.0 Å². The zero-order chi connectivity index (χ0) is 25.1. The first-order valence-electron chi connectivity index (χ1n) is 11.1. The van der Waals surface area contributed by atoms with E-state index in [1.807, 2.05) is 46.8 Å². The minimum absolute atomic E-state index is 0.0436. The van der Waals surface area contributed by atoms with Gasteiger partial charge in [0, 0.05) is 0 Å². The van der Waals surface area contributed by atoms with Gasteiger partial charge in [-0.25, -0.2) is 0 Å². The lowest BCUT2D eigenvalue weighted by molar-refractivity contribution is -0.146. The average Bonchev–Trinajstić information content (AvgIpc) is 2.64. The molecule has 0 aliphatic carbocycles. The molecule has 2 aromatic carbocycles. The summed E-state index contributed by atoms with van der Waals surface area (Å²) < 4.78 is 19.6. The Morgan fingerprint density at radius 2 is 1.48 bits per heavy atom. The molecule has 6 heteroatoms. The first-order valence-corrected chi connectivity index (χ1v) is 13.3. The number of hydrogen-bond donors (Lipinski definition) is 0. The van der Waals surface area contributed by atoms with Crippen LogP contribution >= 0.6 is 45.2 Å². The first kappa shape index (κ1) is 28.2. The Bertz CT molecular complexity index is 954. The van der Waals surface area contributed by atoms with Gasteiger partial charge >= 0.3 is 5.97 Å². The van der Waals surface area contributed by atoms with Gasteiger partial charge in [0.25, 0.3) is 0 Å². The summed E-state index contributed by atoms with van der Waals surface area (Å²) in [4.78, 5) is 12.4. The van der Waals surface area contributed by atoms with Crippen LogP contribution in [0.2, 0.25) is 0 Å². The van der Waals surface area contributed by atoms with Crippen LogP contribution in [0.5, 0.6) is 17.2 Å². The van der Waals surface area contributed by atoms with Crippen molar-refractivity contribution in [3.8, 4) is 17.2 Å². The van der Waals surface area contributed by atoms with Gasteiger partial charge in [-0.2, -0.15) is 0 Å². The molecule has 0 saturated heterocycles. The molecule has 0 amide bonds. The average molecular weight is 678 g/mol. The maximum Gasteiger partial charge on any atom is 0.309 e. The van der Waals surface area contributed by atoms with Gasteiger partial charge in [0.2, 0.25) is 0 Å². The lowest BCUT2D eigenvalue weighted by atomic mass is 9.82. The summed E-state index contributed by atoms with van der Waals surface area (Å²) in [5, 5.41) is 0. The fourth-order valence-corrected chi connectivity index (χ4v) is 5.57. The van der Waals surface area contributed by atoms with Crippen LogP contribution < -0.4 is 9.47 Å². The fourth-order valence-electron chi connectivity index (χ4n) is 3.79. The molecule has 0 saturated carbocycles. The molecule has 182 valence electrons. The number of rotatable bonds is 7. The zero-order valence-electron chi connectivity index (χ0n) is 21.2. The molecule has 2 aromatic rings. The number of hydrogen-bond acceptors (Lipinski definition) is 4. The standard InChI is InChI=1S/C27H36I2O4/c1-16-10-18(12-19(25(30)31-9)15-26(3,4)5)13-21(28)23(16)32-20-11-17(2)24(22(29)14-20)33-27(6,7)8/h10-11,13-14,19H,12,15H2,1-9H3. The molecular weight excluding hydrogens is 642 g/mol. The minimum atomic E-state index is -0.260. The fraction of sp³-hybridized carbons (Fsp3) is 0.519. The normalized spacial score (nSPS) is 12.9. The van der Waals surface area contributed by atoms with Crippen molar-refractivity contribution in [2.24, 2.45) is 11.3 Å². The summed E-state index contributed by atoms with van der Waals surface area (Å²) in [6.07, 6.45) is 1.42. The third-order valence-electron chi connectivity index (χ3n) is 5.00. The van der Waals surface area contributed by atoms with E-state index in [9.17, 15) is 4.79 Å². The van der Waals surface area contributed by atoms with Crippen molar-refractivity contribution in [3.05, 3.63) is 48.1 Å². The number of benzene rings is 2. The van der Waals surface area contributed by atoms with Crippen molar-refractivity contribution >= 4 is 51.2 Å². The number of ether oxygens (including phenoxy) is 3. The van der Waals surface area contributed by atoms with Crippen LogP contribution in [0.4, 0.5) is 0 Å². The zero-order valence-corrected chi connectivity index (χ0v) is 25.5. The Balaban J connectivity index is 2.29. The third-order valence-corrected chi connectivity index (χ3v) is 6.60. The molecule has 1 atom stereocenters. The van der Waals surface area contributed by atoms with Gasteiger partial charge in [-0.15, -0.1) is 0 Å². The summed E-state index contributed by atoms with van der Waals surface area (Å²) in [7, 11) is 1.46. The van der Waals surface area contributed by atoms with E-state index in [1.165, 1.54) is 7.11 Å². The predicted octanol–water partition coefficient (Wildman–Crippen LogP) is 8.25. The predicted molar refractivity (Wildman–Crippen MR) is 152 cm³/mol. The molecule has 0 N–H and O–H groups in total. The molecule has 0 fully saturated rings. The molecular formula is C27H36I2O4. The van der Waals surface area contributed by atoms with Crippen molar-refractivity contribution in [2.45, 2.75) is 73.8 Å². The molecule has 2 rings (SSSR count). The summed E-state index contributed by atoms with van der Waals surface area (Å²) >= 11 is 4.61. The van der Waals surface area contributed by atoms with E-state index in [-0.39, 0.29) is 22.9 Å². The Labute approximate surface area is 226 Å². The molecule has 0 radical (unpaired) electrons. The highest BCUT2D eigenvalue weighted by Gasteiger charge is 2.26. The van der Waals surface area contributed by atoms with Crippen LogP contribution in [0, 0.1) is 32.3 Å². The largest absolute Gasteiger partial charge is 0.487 e. The number of carbonyl (C=O) groups is 1. The van der Waals surface area contributed by atoms with Gasteiger partial charge < -0.3 is 14.2 Å². The molecule has 33 heavy (non-hydrogen) atoms. The number of aryl methyl sites for hydroxylation is 2. The smallest absolute Gasteiger partial charge is 0.309 e. The number of carbonyl (C=O) groups excluding carboxylic acids is 1. The summed E-state index contributed by atoms with van der Waals surface area (Å²) in [5.41, 5.74) is 2.98. The van der Waals surface area contributed by atoms with Gasteiger partial charge in [-0.3, -0.25) is 4.79 Å². The maximum atomic E-state index is 12.4. The molecule has 0 aromatic heterocycles. The van der Waals surface area contributed by atoms with Crippen LogP contribution in [-0.2, 0) is 16.0 Å². The van der Waals surface area contributed by atoms with Gasteiger partial charge in [0.1, 0.15) is 22.8 Å². The van der Waals surface area contributed by atoms with Crippen molar-refractivity contribution in [2.75, 3.05) is 7.11 Å². The Morgan fingerprint density at radius 3 is 1.97 bits per heavy atom. The molecule has 0 bridgehead atoms. The van der Waals surface area contributed by atoms with Gasteiger partial charge in [0.05, 0.1) is 20.2 Å².